The Morgan fingerprint density at radius 3 is 2.92 bits per heavy atom. The molecule has 2 aromatic rings. The molecule has 134 valence electrons. The summed E-state index contributed by atoms with van der Waals surface area (Å²) in [6, 6.07) is 6.05. The minimum absolute atomic E-state index is 0.109. The monoisotopic (exact) mass is 344 g/mol. The summed E-state index contributed by atoms with van der Waals surface area (Å²) >= 11 is 0. The first-order valence-corrected chi connectivity index (χ1v) is 8.78. The number of hydrogen-bond acceptors (Lipinski definition) is 5. The molecule has 6 nitrogen and oxygen atoms in total. The van der Waals surface area contributed by atoms with Gasteiger partial charge in [-0.1, -0.05) is 0 Å². The van der Waals surface area contributed by atoms with Gasteiger partial charge in [0.05, 0.1) is 32.8 Å². The number of hydrogen-bond donors (Lipinski definition) is 0. The molecule has 1 fully saturated rings. The number of carbonyl (C=O) groups is 1. The molecular weight excluding hydrogens is 320 g/mol. The maximum atomic E-state index is 12.5. The third-order valence-corrected chi connectivity index (χ3v) is 5.53. The minimum Gasteiger partial charge on any atom is -0.497 e. The van der Waals surface area contributed by atoms with Gasteiger partial charge in [0.1, 0.15) is 5.75 Å². The molecule has 0 amide bonds. The van der Waals surface area contributed by atoms with Gasteiger partial charge in [-0.15, -0.1) is 0 Å². The van der Waals surface area contributed by atoms with Crippen LogP contribution in [0.2, 0.25) is 0 Å². The number of ether oxygens (including phenoxy) is 2. The minimum atomic E-state index is -0.212. The van der Waals surface area contributed by atoms with Gasteiger partial charge in [-0.05, 0) is 43.0 Å². The van der Waals surface area contributed by atoms with Crippen molar-refractivity contribution in [2.45, 2.75) is 25.3 Å². The highest BCUT2D eigenvalue weighted by molar-refractivity contribution is 5.88. The van der Waals surface area contributed by atoms with Crippen LogP contribution in [-0.2, 0) is 27.8 Å². The topological polar surface area (TPSA) is 52.9 Å². The zero-order valence-electron chi connectivity index (χ0n) is 14.9. The Labute approximate surface area is 147 Å². The van der Waals surface area contributed by atoms with Gasteiger partial charge in [-0.3, -0.25) is 9.63 Å². The largest absolute Gasteiger partial charge is 0.497 e. The number of rotatable bonds is 2. The molecule has 1 aromatic carbocycles. The summed E-state index contributed by atoms with van der Waals surface area (Å²) in [5, 5.41) is 3.19. The number of methoxy groups -OCH3 is 2. The van der Waals surface area contributed by atoms with Gasteiger partial charge in [-0.2, -0.15) is 5.06 Å². The molecule has 0 N–H and O–H groups in total. The summed E-state index contributed by atoms with van der Waals surface area (Å²) in [4.78, 5) is 18.4. The van der Waals surface area contributed by atoms with Crippen molar-refractivity contribution in [2.24, 2.45) is 13.0 Å². The highest BCUT2D eigenvalue weighted by Crippen LogP contribution is 2.43. The van der Waals surface area contributed by atoms with Crippen molar-refractivity contribution < 1.29 is 19.1 Å². The number of aryl methyl sites for hydroxylation is 1. The average Bonchev–Trinajstić information content (AvgIpc) is 2.80. The van der Waals surface area contributed by atoms with E-state index in [-0.39, 0.29) is 17.9 Å². The first-order chi connectivity index (χ1) is 12.2. The van der Waals surface area contributed by atoms with Gasteiger partial charge in [0, 0.05) is 30.2 Å². The van der Waals surface area contributed by atoms with Crippen LogP contribution in [0.3, 0.4) is 0 Å². The average molecular weight is 344 g/mol. The van der Waals surface area contributed by atoms with Crippen LogP contribution in [0, 0.1) is 5.92 Å². The number of benzene rings is 1. The zero-order valence-corrected chi connectivity index (χ0v) is 14.9. The molecule has 2 atom stereocenters. The van der Waals surface area contributed by atoms with E-state index < -0.39 is 0 Å². The molecule has 6 heteroatoms. The van der Waals surface area contributed by atoms with Gasteiger partial charge >= 0.3 is 5.97 Å². The molecule has 0 unspecified atom stereocenters. The van der Waals surface area contributed by atoms with Crippen LogP contribution < -0.4 is 4.74 Å². The first-order valence-electron chi connectivity index (χ1n) is 8.78. The number of aromatic nitrogens is 1. The SMILES string of the molecule is COC(=O)[C@@H]1CCCON2CCc3c(n(C)c4ccc(OC)cc34)[C@H]12. The van der Waals surface area contributed by atoms with Gasteiger partial charge in [-0.25, -0.2) is 0 Å². The van der Waals surface area contributed by atoms with Gasteiger partial charge in [0.25, 0.3) is 0 Å². The van der Waals surface area contributed by atoms with Crippen molar-refractivity contribution in [3.63, 3.8) is 0 Å². The molecule has 0 saturated carbocycles. The van der Waals surface area contributed by atoms with Crippen LogP contribution in [0.1, 0.15) is 30.1 Å². The quantitative estimate of drug-likeness (QED) is 0.784. The van der Waals surface area contributed by atoms with Gasteiger partial charge < -0.3 is 14.0 Å². The summed E-state index contributed by atoms with van der Waals surface area (Å²) in [6.45, 7) is 1.43. The Morgan fingerprint density at radius 2 is 2.16 bits per heavy atom. The van der Waals surface area contributed by atoms with E-state index in [1.54, 1.807) is 7.11 Å². The molecule has 3 heterocycles. The molecule has 0 spiro atoms. The van der Waals surface area contributed by atoms with Crippen molar-refractivity contribution in [3.8, 4) is 5.75 Å². The summed E-state index contributed by atoms with van der Waals surface area (Å²) in [7, 11) is 5.22. The summed E-state index contributed by atoms with van der Waals surface area (Å²) in [5.41, 5.74) is 3.60. The molecule has 0 aliphatic carbocycles. The number of carbonyl (C=O) groups excluding carboxylic acids is 1. The lowest BCUT2D eigenvalue weighted by Crippen LogP contribution is -2.41. The van der Waals surface area contributed by atoms with Crippen molar-refractivity contribution in [1.82, 2.24) is 9.63 Å². The Morgan fingerprint density at radius 1 is 1.32 bits per heavy atom. The summed E-state index contributed by atoms with van der Waals surface area (Å²) < 4.78 is 12.7. The van der Waals surface area contributed by atoms with Crippen LogP contribution in [0.15, 0.2) is 18.2 Å². The van der Waals surface area contributed by atoms with E-state index in [1.807, 2.05) is 11.1 Å². The first kappa shape index (κ1) is 16.4. The number of fused-ring (bicyclic) bond motifs is 5. The van der Waals surface area contributed by atoms with Gasteiger partial charge in [0.15, 0.2) is 0 Å². The standard InChI is InChI=1S/C19H24N2O4/c1-20-16-7-6-12(23-2)11-15(16)13-8-9-21-18(17(13)20)14(19(22)24-3)5-4-10-25-21/h6-7,11,14,18H,4-5,8-10H2,1-3H3/t14-,18+/m1/s1. The second kappa shape index (κ2) is 6.35. The van der Waals surface area contributed by atoms with E-state index in [1.165, 1.54) is 18.1 Å². The van der Waals surface area contributed by atoms with E-state index in [4.69, 9.17) is 14.3 Å². The zero-order chi connectivity index (χ0) is 17.6. The third kappa shape index (κ3) is 2.51. The lowest BCUT2D eigenvalue weighted by molar-refractivity contribution is -0.198. The Hall–Kier alpha value is -2.05. The second-order valence-electron chi connectivity index (χ2n) is 6.75. The predicted octanol–water partition coefficient (Wildman–Crippen LogP) is 2.60. The number of hydroxylamine groups is 2. The Kier molecular flexibility index (Phi) is 4.17. The molecule has 0 bridgehead atoms. The summed E-state index contributed by atoms with van der Waals surface area (Å²) in [5.74, 6) is 0.484. The molecule has 2 aliphatic heterocycles. The van der Waals surface area contributed by atoms with Crippen LogP contribution in [0.25, 0.3) is 10.9 Å². The number of nitrogens with zero attached hydrogens (tertiary/aromatic N) is 2. The molecule has 0 radical (unpaired) electrons. The molecule has 1 saturated heterocycles. The molecular formula is C19H24N2O4. The fraction of sp³-hybridized carbons (Fsp3) is 0.526. The summed E-state index contributed by atoms with van der Waals surface area (Å²) in [6.07, 6.45) is 2.53. The van der Waals surface area contributed by atoms with Gasteiger partial charge in [0.2, 0.25) is 0 Å². The smallest absolute Gasteiger partial charge is 0.310 e. The highest BCUT2D eigenvalue weighted by atomic mass is 16.7. The van der Waals surface area contributed by atoms with Crippen LogP contribution in [-0.4, -0.2) is 43.0 Å². The van der Waals surface area contributed by atoms with Crippen molar-refractivity contribution in [2.75, 3.05) is 27.4 Å². The molecule has 4 rings (SSSR count). The van der Waals surface area contributed by atoms with Crippen molar-refractivity contribution in [3.05, 3.63) is 29.5 Å². The van der Waals surface area contributed by atoms with E-state index in [0.717, 1.165) is 42.8 Å². The molecule has 25 heavy (non-hydrogen) atoms. The van der Waals surface area contributed by atoms with E-state index in [2.05, 4.69) is 23.7 Å². The highest BCUT2D eigenvalue weighted by Gasteiger charge is 2.43. The van der Waals surface area contributed by atoms with E-state index >= 15 is 0 Å². The van der Waals surface area contributed by atoms with E-state index in [9.17, 15) is 4.79 Å². The van der Waals surface area contributed by atoms with Crippen molar-refractivity contribution >= 4 is 16.9 Å². The second-order valence-corrected chi connectivity index (χ2v) is 6.75. The van der Waals surface area contributed by atoms with Crippen LogP contribution >= 0.6 is 0 Å². The molecule has 2 aliphatic rings. The van der Waals surface area contributed by atoms with Crippen molar-refractivity contribution in [1.29, 1.82) is 0 Å². The molecule has 1 aromatic heterocycles. The van der Waals surface area contributed by atoms with Crippen LogP contribution in [0.4, 0.5) is 0 Å². The Bertz CT molecular complexity index is 813. The predicted molar refractivity (Wildman–Crippen MR) is 93.3 cm³/mol. The maximum absolute atomic E-state index is 12.5. The number of esters is 1. The normalized spacial score (nSPS) is 23.6. The maximum Gasteiger partial charge on any atom is 0.310 e. The lowest BCUT2D eigenvalue weighted by atomic mass is 9.87. The third-order valence-electron chi connectivity index (χ3n) is 5.53. The fourth-order valence-corrected chi connectivity index (χ4v) is 4.36. The Balaban J connectivity index is 1.91. The van der Waals surface area contributed by atoms with E-state index in [0.29, 0.717) is 6.61 Å². The fourth-order valence-electron chi connectivity index (χ4n) is 4.36. The van der Waals surface area contributed by atoms with Crippen LogP contribution in [0.5, 0.6) is 5.75 Å². The lowest BCUT2D eigenvalue weighted by Gasteiger charge is -2.37.